The van der Waals surface area contributed by atoms with Crippen LogP contribution in [-0.2, 0) is 18.4 Å². The Bertz CT molecular complexity index is 1060. The topological polar surface area (TPSA) is 7.76 Å². The molecule has 2 heterocycles. The fraction of sp³-hybridized carbons (Fsp3) is 0.120. The van der Waals surface area contributed by atoms with Crippen LogP contribution in [0, 0.1) is 0 Å². The molecule has 28 heavy (non-hydrogen) atoms. The summed E-state index contributed by atoms with van der Waals surface area (Å²) in [6, 6.07) is 32.2. The summed E-state index contributed by atoms with van der Waals surface area (Å²) in [7, 11) is 0. The van der Waals surface area contributed by atoms with Crippen LogP contribution in [0.15, 0.2) is 103 Å². The number of rotatable bonds is 6. The van der Waals surface area contributed by atoms with E-state index in [2.05, 4.69) is 128 Å². The van der Waals surface area contributed by atoms with E-state index in [9.17, 15) is 0 Å². The molecule has 0 aliphatic carbocycles. The second kappa shape index (κ2) is 8.94. The predicted octanol–water partition coefficient (Wildman–Crippen LogP) is 4.92. The largest absolute Gasteiger partial charge is 0.212 e. The molecule has 0 fully saturated rings. The number of nitrogens with zero attached hydrogens (tertiary/aromatic N) is 2. The monoisotopic (exact) mass is 430 g/mol. The maximum Gasteiger partial charge on any atom is 0.212 e. The summed E-state index contributed by atoms with van der Waals surface area (Å²) in [5.74, 6) is 0. The van der Waals surface area contributed by atoms with Crippen LogP contribution in [0.4, 0.5) is 0 Å². The van der Waals surface area contributed by atoms with Gasteiger partial charge in [-0.3, -0.25) is 0 Å². The number of hydrogen-bond donors (Lipinski definition) is 0. The first-order valence-corrected chi connectivity index (χ1v) is 10.6. The zero-order chi connectivity index (χ0) is 19.2. The second-order valence-electron chi connectivity index (χ2n) is 6.85. The SMILES string of the molecule is BrCc1cccc[n+]1Cc1cccc(C[n+]2ccccc2-c2ccccc2)c1. The van der Waals surface area contributed by atoms with Gasteiger partial charge in [0.1, 0.15) is 0 Å². The molecule has 0 unspecified atom stereocenters. The van der Waals surface area contributed by atoms with Crippen LogP contribution in [0.5, 0.6) is 0 Å². The zero-order valence-electron chi connectivity index (χ0n) is 15.7. The van der Waals surface area contributed by atoms with Gasteiger partial charge >= 0.3 is 0 Å². The number of hydrogen-bond acceptors (Lipinski definition) is 0. The standard InChI is InChI=1S/C25H23BrN2/c26-18-24-13-4-6-15-27(24)19-21-9-8-10-22(17-21)20-28-16-7-5-14-25(28)23-11-2-1-3-12-23/h1-17H,18-20H2/q+2. The Morgan fingerprint density at radius 2 is 1.25 bits per heavy atom. The summed E-state index contributed by atoms with van der Waals surface area (Å²) in [6.45, 7) is 1.73. The highest BCUT2D eigenvalue weighted by atomic mass is 79.9. The van der Waals surface area contributed by atoms with Gasteiger partial charge in [0.25, 0.3) is 0 Å². The first-order valence-electron chi connectivity index (χ1n) is 9.48. The average molecular weight is 431 g/mol. The summed E-state index contributed by atoms with van der Waals surface area (Å²) in [4.78, 5) is 0. The predicted molar refractivity (Wildman–Crippen MR) is 116 cm³/mol. The van der Waals surface area contributed by atoms with Gasteiger partial charge in [-0.1, -0.05) is 58.4 Å². The molecular formula is C25H23BrN2+2. The molecule has 138 valence electrons. The highest BCUT2D eigenvalue weighted by Crippen LogP contribution is 2.15. The van der Waals surface area contributed by atoms with Crippen molar-refractivity contribution in [2.45, 2.75) is 18.4 Å². The van der Waals surface area contributed by atoms with Crippen LogP contribution in [0.2, 0.25) is 0 Å². The molecule has 0 N–H and O–H groups in total. The maximum absolute atomic E-state index is 3.59. The Morgan fingerprint density at radius 3 is 2.00 bits per heavy atom. The molecule has 0 bridgehead atoms. The van der Waals surface area contributed by atoms with Crippen molar-refractivity contribution < 1.29 is 9.13 Å². The minimum atomic E-state index is 0.851. The molecule has 0 aliphatic heterocycles. The van der Waals surface area contributed by atoms with Crippen LogP contribution in [0.25, 0.3) is 11.3 Å². The van der Waals surface area contributed by atoms with Crippen molar-refractivity contribution >= 4 is 15.9 Å². The highest BCUT2D eigenvalue weighted by Gasteiger charge is 2.14. The van der Waals surface area contributed by atoms with Gasteiger partial charge in [-0.15, -0.1) is 0 Å². The fourth-order valence-electron chi connectivity index (χ4n) is 3.49. The molecule has 0 atom stereocenters. The first-order chi connectivity index (χ1) is 13.8. The normalized spacial score (nSPS) is 10.8. The molecule has 0 saturated heterocycles. The molecule has 0 amide bonds. The van der Waals surface area contributed by atoms with E-state index in [1.807, 2.05) is 0 Å². The second-order valence-corrected chi connectivity index (χ2v) is 7.41. The quantitative estimate of drug-likeness (QED) is 0.303. The Labute approximate surface area is 174 Å². The summed E-state index contributed by atoms with van der Waals surface area (Å²) in [6.07, 6.45) is 4.30. The first kappa shape index (κ1) is 18.6. The third kappa shape index (κ3) is 4.37. The third-order valence-corrected chi connectivity index (χ3v) is 5.45. The lowest BCUT2D eigenvalue weighted by Gasteiger charge is -2.06. The molecule has 0 radical (unpaired) electrons. The molecule has 4 aromatic rings. The van der Waals surface area contributed by atoms with Gasteiger partial charge in [-0.2, -0.15) is 9.13 Å². The third-order valence-electron chi connectivity index (χ3n) is 4.88. The summed E-state index contributed by atoms with van der Waals surface area (Å²) < 4.78 is 4.60. The van der Waals surface area contributed by atoms with Gasteiger partial charge in [-0.05, 0) is 24.3 Å². The van der Waals surface area contributed by atoms with Crippen molar-refractivity contribution in [1.29, 1.82) is 0 Å². The van der Waals surface area contributed by atoms with Crippen LogP contribution in [-0.4, -0.2) is 0 Å². The minimum Gasteiger partial charge on any atom is -0.197 e. The Morgan fingerprint density at radius 1 is 0.607 bits per heavy atom. The lowest BCUT2D eigenvalue weighted by molar-refractivity contribution is -0.694. The van der Waals surface area contributed by atoms with Crippen LogP contribution in [0.1, 0.15) is 16.8 Å². The van der Waals surface area contributed by atoms with E-state index in [4.69, 9.17) is 0 Å². The van der Waals surface area contributed by atoms with E-state index in [1.54, 1.807) is 0 Å². The molecular weight excluding hydrogens is 408 g/mol. The van der Waals surface area contributed by atoms with Crippen molar-refractivity contribution in [3.63, 3.8) is 0 Å². The molecule has 2 aromatic carbocycles. The number of benzene rings is 2. The Balaban J connectivity index is 1.60. The van der Waals surface area contributed by atoms with E-state index >= 15 is 0 Å². The van der Waals surface area contributed by atoms with Gasteiger partial charge in [-0.25, -0.2) is 0 Å². The van der Waals surface area contributed by atoms with E-state index in [1.165, 1.54) is 28.1 Å². The molecule has 3 heteroatoms. The lowest BCUT2D eigenvalue weighted by atomic mass is 10.1. The van der Waals surface area contributed by atoms with Crippen molar-refractivity contribution in [2.75, 3.05) is 0 Å². The van der Waals surface area contributed by atoms with Gasteiger partial charge in [0, 0.05) is 41.0 Å². The van der Waals surface area contributed by atoms with Crippen LogP contribution < -0.4 is 9.13 Å². The highest BCUT2D eigenvalue weighted by molar-refractivity contribution is 9.08. The van der Waals surface area contributed by atoms with E-state index in [-0.39, 0.29) is 0 Å². The number of halogens is 1. The minimum absolute atomic E-state index is 0.851. The summed E-state index contributed by atoms with van der Waals surface area (Å²) in [5, 5.41) is 0.855. The maximum atomic E-state index is 3.59. The fourth-order valence-corrected chi connectivity index (χ4v) is 4.00. The van der Waals surface area contributed by atoms with Gasteiger partial charge in [0.15, 0.2) is 31.2 Å². The molecule has 2 aromatic heterocycles. The average Bonchev–Trinajstić information content (AvgIpc) is 2.75. The summed E-state index contributed by atoms with van der Waals surface area (Å²) in [5.41, 5.74) is 6.36. The smallest absolute Gasteiger partial charge is 0.197 e. The van der Waals surface area contributed by atoms with Crippen LogP contribution >= 0.6 is 15.9 Å². The molecule has 0 aliphatic rings. The molecule has 2 nitrogen and oxygen atoms in total. The van der Waals surface area contributed by atoms with Crippen molar-refractivity contribution in [2.24, 2.45) is 0 Å². The van der Waals surface area contributed by atoms with Crippen molar-refractivity contribution in [3.8, 4) is 11.3 Å². The number of aromatic nitrogens is 2. The van der Waals surface area contributed by atoms with E-state index in [0.29, 0.717) is 0 Å². The van der Waals surface area contributed by atoms with E-state index in [0.717, 1.165) is 18.4 Å². The summed E-state index contributed by atoms with van der Waals surface area (Å²) >= 11 is 3.59. The molecule has 0 spiro atoms. The van der Waals surface area contributed by atoms with Gasteiger partial charge in [0.2, 0.25) is 5.69 Å². The van der Waals surface area contributed by atoms with Crippen LogP contribution in [0.3, 0.4) is 0 Å². The number of pyridine rings is 2. The number of alkyl halides is 1. The van der Waals surface area contributed by atoms with E-state index < -0.39 is 0 Å². The molecule has 4 rings (SSSR count). The Hall–Kier alpha value is -2.78. The van der Waals surface area contributed by atoms with Crippen molar-refractivity contribution in [3.05, 3.63) is 120 Å². The van der Waals surface area contributed by atoms with Crippen molar-refractivity contribution in [1.82, 2.24) is 0 Å². The lowest BCUT2D eigenvalue weighted by Crippen LogP contribution is -2.38. The van der Waals surface area contributed by atoms with Gasteiger partial charge in [0.05, 0.1) is 5.33 Å². The zero-order valence-corrected chi connectivity index (χ0v) is 17.3. The molecule has 0 saturated carbocycles. The van der Waals surface area contributed by atoms with Gasteiger partial charge < -0.3 is 0 Å². The Kier molecular flexibility index (Phi) is 5.93.